The lowest BCUT2D eigenvalue weighted by Crippen LogP contribution is -2.12. The molecular formula is C9H12FNO3S. The average molecular weight is 233 g/mol. The molecular weight excluding hydrogens is 221 g/mol. The van der Waals surface area contributed by atoms with Gasteiger partial charge in [0.1, 0.15) is 18.2 Å². The maximum atomic E-state index is 12.8. The lowest BCUT2D eigenvalue weighted by atomic mass is 10.3. The minimum absolute atomic E-state index is 0.0352. The molecule has 1 aromatic rings. The zero-order chi connectivity index (χ0) is 11.5. The van der Waals surface area contributed by atoms with E-state index in [0.29, 0.717) is 0 Å². The van der Waals surface area contributed by atoms with Crippen molar-refractivity contribution in [1.82, 2.24) is 0 Å². The van der Waals surface area contributed by atoms with Gasteiger partial charge in [0, 0.05) is 12.3 Å². The molecule has 0 atom stereocenters. The third kappa shape index (κ3) is 4.16. The second kappa shape index (κ2) is 4.48. The van der Waals surface area contributed by atoms with E-state index in [1.54, 1.807) is 0 Å². The minimum Gasteiger partial charge on any atom is -0.490 e. The van der Waals surface area contributed by atoms with E-state index in [2.05, 4.69) is 0 Å². The molecule has 84 valence electrons. The first-order valence-corrected chi connectivity index (χ1v) is 6.30. The highest BCUT2D eigenvalue weighted by Gasteiger charge is 2.05. The van der Waals surface area contributed by atoms with Gasteiger partial charge in [-0.15, -0.1) is 0 Å². The highest BCUT2D eigenvalue weighted by Crippen LogP contribution is 2.21. The summed E-state index contributed by atoms with van der Waals surface area (Å²) in [4.78, 5) is 0. The summed E-state index contributed by atoms with van der Waals surface area (Å²) >= 11 is 0. The first kappa shape index (κ1) is 11.8. The van der Waals surface area contributed by atoms with E-state index in [-0.39, 0.29) is 23.8 Å². The van der Waals surface area contributed by atoms with E-state index < -0.39 is 15.7 Å². The summed E-state index contributed by atoms with van der Waals surface area (Å²) < 4.78 is 39.4. The van der Waals surface area contributed by atoms with E-state index in [1.807, 2.05) is 0 Å². The fourth-order valence-corrected chi connectivity index (χ4v) is 1.32. The second-order valence-corrected chi connectivity index (χ2v) is 5.42. The number of nitrogen functional groups attached to an aromatic ring is 1. The van der Waals surface area contributed by atoms with Crippen LogP contribution < -0.4 is 10.5 Å². The summed E-state index contributed by atoms with van der Waals surface area (Å²) in [5.41, 5.74) is 5.78. The molecule has 1 aromatic carbocycles. The lowest BCUT2D eigenvalue weighted by Gasteiger charge is -2.07. The molecule has 0 unspecified atom stereocenters. The number of benzene rings is 1. The molecule has 0 heterocycles. The third-order valence-electron chi connectivity index (χ3n) is 1.69. The van der Waals surface area contributed by atoms with Gasteiger partial charge in [0.05, 0.1) is 11.4 Å². The van der Waals surface area contributed by atoms with E-state index >= 15 is 0 Å². The van der Waals surface area contributed by atoms with Crippen LogP contribution in [0.1, 0.15) is 0 Å². The van der Waals surface area contributed by atoms with Crippen molar-refractivity contribution in [2.75, 3.05) is 24.3 Å². The highest BCUT2D eigenvalue weighted by atomic mass is 32.2. The van der Waals surface area contributed by atoms with Crippen molar-refractivity contribution < 1.29 is 17.5 Å². The SMILES string of the molecule is CS(=O)(=O)CCOc1cc(F)ccc1N. The van der Waals surface area contributed by atoms with Gasteiger partial charge in [-0.1, -0.05) is 0 Å². The lowest BCUT2D eigenvalue weighted by molar-refractivity contribution is 0.341. The van der Waals surface area contributed by atoms with Gasteiger partial charge in [-0.05, 0) is 12.1 Å². The monoisotopic (exact) mass is 233 g/mol. The Kier molecular flexibility index (Phi) is 3.52. The average Bonchev–Trinajstić information content (AvgIpc) is 2.09. The minimum atomic E-state index is -3.08. The van der Waals surface area contributed by atoms with Gasteiger partial charge in [-0.25, -0.2) is 12.8 Å². The van der Waals surface area contributed by atoms with E-state index in [0.717, 1.165) is 12.3 Å². The van der Waals surface area contributed by atoms with Crippen molar-refractivity contribution in [3.05, 3.63) is 24.0 Å². The van der Waals surface area contributed by atoms with Crippen LogP contribution in [-0.4, -0.2) is 27.0 Å². The molecule has 0 radical (unpaired) electrons. The van der Waals surface area contributed by atoms with Crippen molar-refractivity contribution in [2.24, 2.45) is 0 Å². The van der Waals surface area contributed by atoms with Crippen LogP contribution in [0.2, 0.25) is 0 Å². The predicted octanol–water partition coefficient (Wildman–Crippen LogP) is 0.831. The normalized spacial score (nSPS) is 11.3. The number of ether oxygens (including phenoxy) is 1. The molecule has 4 nitrogen and oxygen atoms in total. The molecule has 0 fully saturated rings. The molecule has 2 N–H and O–H groups in total. The van der Waals surface area contributed by atoms with Crippen LogP contribution >= 0.6 is 0 Å². The highest BCUT2D eigenvalue weighted by molar-refractivity contribution is 7.90. The largest absolute Gasteiger partial charge is 0.490 e. The molecule has 0 aliphatic carbocycles. The van der Waals surface area contributed by atoms with Crippen molar-refractivity contribution in [3.8, 4) is 5.75 Å². The summed E-state index contributed by atoms with van der Waals surface area (Å²) in [6.07, 6.45) is 1.10. The molecule has 0 spiro atoms. The summed E-state index contributed by atoms with van der Waals surface area (Å²) in [7, 11) is -3.08. The Balaban J connectivity index is 2.61. The summed E-state index contributed by atoms with van der Waals surface area (Å²) in [5, 5.41) is 0. The van der Waals surface area contributed by atoms with Crippen molar-refractivity contribution in [1.29, 1.82) is 0 Å². The second-order valence-electron chi connectivity index (χ2n) is 3.16. The molecule has 0 amide bonds. The Bertz CT molecular complexity index is 445. The molecule has 0 aliphatic heterocycles. The molecule has 0 saturated carbocycles. The van der Waals surface area contributed by atoms with Gasteiger partial charge in [0.25, 0.3) is 0 Å². The van der Waals surface area contributed by atoms with Gasteiger partial charge in [-0.2, -0.15) is 0 Å². The quantitative estimate of drug-likeness (QED) is 0.782. The van der Waals surface area contributed by atoms with E-state index in [9.17, 15) is 12.8 Å². The Morgan fingerprint density at radius 1 is 1.47 bits per heavy atom. The number of hydrogen-bond donors (Lipinski definition) is 1. The molecule has 0 aromatic heterocycles. The van der Waals surface area contributed by atoms with Crippen LogP contribution in [0.15, 0.2) is 18.2 Å². The molecule has 0 saturated heterocycles. The third-order valence-corrected chi connectivity index (χ3v) is 2.60. The first-order valence-electron chi connectivity index (χ1n) is 4.24. The molecule has 0 bridgehead atoms. The zero-order valence-electron chi connectivity index (χ0n) is 8.23. The van der Waals surface area contributed by atoms with Crippen LogP contribution in [0.4, 0.5) is 10.1 Å². The maximum Gasteiger partial charge on any atom is 0.150 e. The Hall–Kier alpha value is -1.30. The smallest absolute Gasteiger partial charge is 0.150 e. The van der Waals surface area contributed by atoms with Crippen LogP contribution in [0.25, 0.3) is 0 Å². The Morgan fingerprint density at radius 2 is 2.13 bits per heavy atom. The number of nitrogens with two attached hydrogens (primary N) is 1. The van der Waals surface area contributed by atoms with Gasteiger partial charge >= 0.3 is 0 Å². The number of anilines is 1. The topological polar surface area (TPSA) is 69.4 Å². The van der Waals surface area contributed by atoms with Gasteiger partial charge in [0.2, 0.25) is 0 Å². The number of rotatable bonds is 4. The number of halogens is 1. The first-order chi connectivity index (χ1) is 6.88. The summed E-state index contributed by atoms with van der Waals surface area (Å²) in [6, 6.07) is 3.70. The number of hydrogen-bond acceptors (Lipinski definition) is 4. The van der Waals surface area contributed by atoms with Crippen LogP contribution in [-0.2, 0) is 9.84 Å². The molecule has 0 aliphatic rings. The standard InChI is InChI=1S/C9H12FNO3S/c1-15(12,13)5-4-14-9-6-7(10)2-3-8(9)11/h2-3,6H,4-5,11H2,1H3. The van der Waals surface area contributed by atoms with Crippen molar-refractivity contribution in [3.63, 3.8) is 0 Å². The summed E-state index contributed by atoms with van der Waals surface area (Å²) in [6.45, 7) is -0.0352. The van der Waals surface area contributed by atoms with Crippen molar-refractivity contribution in [2.45, 2.75) is 0 Å². The molecule has 1 rings (SSSR count). The Labute approximate surface area is 87.8 Å². The van der Waals surface area contributed by atoms with Crippen molar-refractivity contribution >= 4 is 15.5 Å². The van der Waals surface area contributed by atoms with Crippen LogP contribution in [0.3, 0.4) is 0 Å². The Morgan fingerprint density at radius 3 is 2.73 bits per heavy atom. The fourth-order valence-electron chi connectivity index (χ4n) is 0.936. The zero-order valence-corrected chi connectivity index (χ0v) is 9.05. The summed E-state index contributed by atoms with van der Waals surface area (Å²) in [5.74, 6) is -0.430. The van der Waals surface area contributed by atoms with E-state index in [4.69, 9.17) is 10.5 Å². The van der Waals surface area contributed by atoms with Gasteiger partial charge < -0.3 is 10.5 Å². The van der Waals surface area contributed by atoms with Crippen LogP contribution in [0.5, 0.6) is 5.75 Å². The predicted molar refractivity (Wildman–Crippen MR) is 56.0 cm³/mol. The maximum absolute atomic E-state index is 12.8. The molecule has 6 heteroatoms. The van der Waals surface area contributed by atoms with Gasteiger partial charge in [-0.3, -0.25) is 0 Å². The van der Waals surface area contributed by atoms with Gasteiger partial charge in [0.15, 0.2) is 9.84 Å². The van der Waals surface area contributed by atoms with Crippen LogP contribution in [0, 0.1) is 5.82 Å². The fraction of sp³-hybridized carbons (Fsp3) is 0.333. The van der Waals surface area contributed by atoms with E-state index in [1.165, 1.54) is 12.1 Å². The number of sulfone groups is 1. The molecule has 15 heavy (non-hydrogen) atoms.